The number of fused-ring (bicyclic) bond motifs is 1. The van der Waals surface area contributed by atoms with E-state index < -0.39 is 0 Å². The third-order valence-corrected chi connectivity index (χ3v) is 5.95. The fourth-order valence-corrected chi connectivity index (χ4v) is 4.40. The van der Waals surface area contributed by atoms with Gasteiger partial charge in [0.15, 0.2) is 5.82 Å². The predicted octanol–water partition coefficient (Wildman–Crippen LogP) is 3.61. The van der Waals surface area contributed by atoms with Crippen molar-refractivity contribution in [2.45, 2.75) is 38.3 Å². The van der Waals surface area contributed by atoms with Gasteiger partial charge in [-0.05, 0) is 19.3 Å². The summed E-state index contributed by atoms with van der Waals surface area (Å²) in [6, 6.07) is 10.0. The van der Waals surface area contributed by atoms with Crippen LogP contribution in [-0.4, -0.2) is 44.6 Å². The van der Waals surface area contributed by atoms with Crippen LogP contribution in [0, 0.1) is 0 Å². The number of carbonyl (C=O) groups excluding carboxylic acids is 1. The molecule has 1 aromatic carbocycles. The zero-order valence-corrected chi connectivity index (χ0v) is 17.1. The van der Waals surface area contributed by atoms with Gasteiger partial charge in [-0.25, -0.2) is 9.97 Å². The van der Waals surface area contributed by atoms with Crippen LogP contribution >= 0.6 is 0 Å². The summed E-state index contributed by atoms with van der Waals surface area (Å²) >= 11 is 0. The molecule has 3 aromatic rings. The van der Waals surface area contributed by atoms with Gasteiger partial charge in [0, 0.05) is 31.0 Å². The molecule has 7 heteroatoms. The van der Waals surface area contributed by atoms with Crippen molar-refractivity contribution in [1.29, 1.82) is 0 Å². The van der Waals surface area contributed by atoms with E-state index in [0.29, 0.717) is 5.95 Å². The first kappa shape index (κ1) is 18.5. The van der Waals surface area contributed by atoms with E-state index in [9.17, 15) is 4.79 Å². The van der Waals surface area contributed by atoms with Crippen LogP contribution in [0.5, 0.6) is 0 Å². The number of anilines is 2. The Balaban J connectivity index is 1.63. The van der Waals surface area contributed by atoms with Crippen LogP contribution in [0.3, 0.4) is 0 Å². The lowest BCUT2D eigenvalue weighted by Crippen LogP contribution is -2.55. The molecule has 7 nitrogen and oxygen atoms in total. The molecule has 0 unspecified atom stereocenters. The molecule has 0 spiro atoms. The Hall–Kier alpha value is -3.48. The number of benzene rings is 1. The third kappa shape index (κ3) is 2.89. The van der Waals surface area contributed by atoms with Crippen molar-refractivity contribution < 1.29 is 4.79 Å². The number of imidazole rings is 1. The molecular weight excluding hydrogens is 376 g/mol. The average molecular weight is 400 g/mol. The second-order valence-electron chi connectivity index (χ2n) is 7.69. The number of amides is 1. The minimum Gasteiger partial charge on any atom is -0.339 e. The number of carbonyl (C=O) groups is 1. The van der Waals surface area contributed by atoms with Crippen molar-refractivity contribution >= 4 is 17.4 Å². The van der Waals surface area contributed by atoms with E-state index >= 15 is 0 Å². The van der Waals surface area contributed by atoms with Gasteiger partial charge in [-0.3, -0.25) is 9.36 Å². The monoisotopic (exact) mass is 400 g/mol. The van der Waals surface area contributed by atoms with Gasteiger partial charge in [-0.2, -0.15) is 4.98 Å². The Morgan fingerprint density at radius 1 is 1.10 bits per heavy atom. The van der Waals surface area contributed by atoms with Gasteiger partial charge in [-0.1, -0.05) is 49.4 Å². The van der Waals surface area contributed by atoms with Crippen molar-refractivity contribution in [3.63, 3.8) is 0 Å². The number of aromatic nitrogens is 4. The van der Waals surface area contributed by atoms with Gasteiger partial charge < -0.3 is 9.80 Å². The van der Waals surface area contributed by atoms with Gasteiger partial charge in [0.25, 0.3) is 0 Å². The average Bonchev–Trinajstić information content (AvgIpc) is 3.48. The summed E-state index contributed by atoms with van der Waals surface area (Å²) in [5.41, 5.74) is 1.75. The maximum Gasteiger partial charge on any atom is 0.249 e. The molecular formula is C23H24N6O. The van der Waals surface area contributed by atoms with Crippen molar-refractivity contribution in [1.82, 2.24) is 19.5 Å². The van der Waals surface area contributed by atoms with Gasteiger partial charge in [0.05, 0.1) is 6.20 Å². The second kappa shape index (κ2) is 7.40. The summed E-state index contributed by atoms with van der Waals surface area (Å²) in [6.45, 7) is 2.06. The molecule has 1 aliphatic carbocycles. The predicted molar refractivity (Wildman–Crippen MR) is 117 cm³/mol. The Morgan fingerprint density at radius 2 is 1.87 bits per heavy atom. The van der Waals surface area contributed by atoms with Crippen LogP contribution in [-0.2, 0) is 4.79 Å². The fraction of sp³-hybridized carbons (Fsp3) is 0.304. The van der Waals surface area contributed by atoms with Crippen molar-refractivity contribution in [2.75, 3.05) is 16.8 Å². The summed E-state index contributed by atoms with van der Waals surface area (Å²) in [5, 5.41) is 0. The molecule has 3 heterocycles. The van der Waals surface area contributed by atoms with E-state index in [1.165, 1.54) is 0 Å². The molecule has 0 N–H and O–H groups in total. The maximum atomic E-state index is 13.0. The van der Waals surface area contributed by atoms with Crippen LogP contribution < -0.4 is 9.80 Å². The van der Waals surface area contributed by atoms with Gasteiger partial charge in [0.2, 0.25) is 11.9 Å². The Labute approximate surface area is 175 Å². The largest absolute Gasteiger partial charge is 0.339 e. The van der Waals surface area contributed by atoms with Crippen molar-refractivity contribution in [3.8, 4) is 17.3 Å². The van der Waals surface area contributed by atoms with Crippen LogP contribution in [0.15, 0.2) is 61.1 Å². The Bertz CT molecular complexity index is 1100. The standard InChI is InChI=1S/C23H24N6O/c1-3-18-22(30)27(2)19-15-25-23(26-21(19)29(18)17-11-7-8-12-17)28-14-13-24-20(28)16-9-5-4-6-10-16/h4-10,13-15,17-18H,3,11-12H2,1-2H3/t18-/m1/s1. The second-order valence-corrected chi connectivity index (χ2v) is 7.69. The molecule has 2 aliphatic rings. The first-order valence-corrected chi connectivity index (χ1v) is 10.4. The zero-order valence-electron chi connectivity index (χ0n) is 17.1. The van der Waals surface area contributed by atoms with Crippen LogP contribution in [0.2, 0.25) is 0 Å². The highest BCUT2D eigenvalue weighted by atomic mass is 16.2. The quantitative estimate of drug-likeness (QED) is 0.626. The van der Waals surface area contributed by atoms with Crippen LogP contribution in [0.25, 0.3) is 17.3 Å². The highest BCUT2D eigenvalue weighted by molar-refractivity contribution is 6.04. The number of rotatable bonds is 4. The minimum atomic E-state index is -0.216. The van der Waals surface area contributed by atoms with Crippen molar-refractivity contribution in [2.24, 2.45) is 0 Å². The minimum absolute atomic E-state index is 0.0980. The molecule has 0 fully saturated rings. The number of likely N-dealkylation sites (N-methyl/N-ethyl adjacent to an activating group) is 1. The third-order valence-electron chi connectivity index (χ3n) is 5.95. The van der Waals surface area contributed by atoms with Gasteiger partial charge >= 0.3 is 0 Å². The smallest absolute Gasteiger partial charge is 0.249 e. The van der Waals surface area contributed by atoms with E-state index in [0.717, 1.165) is 42.2 Å². The molecule has 1 atom stereocenters. The highest BCUT2D eigenvalue weighted by Gasteiger charge is 2.40. The summed E-state index contributed by atoms with van der Waals surface area (Å²) in [5.74, 6) is 2.26. The molecule has 0 saturated heterocycles. The molecule has 2 aromatic heterocycles. The Kier molecular flexibility index (Phi) is 4.58. The van der Waals surface area contributed by atoms with E-state index in [2.05, 4.69) is 33.9 Å². The first-order valence-electron chi connectivity index (χ1n) is 10.4. The molecule has 0 saturated carbocycles. The van der Waals surface area contributed by atoms with Crippen LogP contribution in [0.4, 0.5) is 11.5 Å². The molecule has 30 heavy (non-hydrogen) atoms. The number of hydrogen-bond donors (Lipinski definition) is 0. The molecule has 152 valence electrons. The Morgan fingerprint density at radius 3 is 2.60 bits per heavy atom. The molecule has 5 rings (SSSR count). The molecule has 0 bridgehead atoms. The molecule has 0 radical (unpaired) electrons. The van der Waals surface area contributed by atoms with Crippen LogP contribution in [0.1, 0.15) is 26.2 Å². The van der Waals surface area contributed by atoms with E-state index in [4.69, 9.17) is 4.98 Å². The summed E-state index contributed by atoms with van der Waals surface area (Å²) in [7, 11) is 1.81. The van der Waals surface area contributed by atoms with Gasteiger partial charge in [0.1, 0.15) is 17.6 Å². The highest BCUT2D eigenvalue weighted by Crippen LogP contribution is 2.38. The number of nitrogens with zero attached hydrogens (tertiary/aromatic N) is 6. The molecule has 1 aliphatic heterocycles. The lowest BCUT2D eigenvalue weighted by Gasteiger charge is -2.43. The number of hydrogen-bond acceptors (Lipinski definition) is 5. The van der Waals surface area contributed by atoms with Gasteiger partial charge in [-0.15, -0.1) is 0 Å². The molecule has 1 amide bonds. The van der Waals surface area contributed by atoms with E-state index in [1.54, 1.807) is 17.3 Å². The summed E-state index contributed by atoms with van der Waals surface area (Å²) < 4.78 is 1.90. The SMILES string of the molecule is CC[C@@H]1C(=O)N(C)c2cnc(-n3ccnc3-c3ccccc3)nc2N1C1CC=CC1. The lowest BCUT2D eigenvalue weighted by molar-refractivity contribution is -0.120. The zero-order chi connectivity index (χ0) is 20.7. The first-order chi connectivity index (χ1) is 14.7. The maximum absolute atomic E-state index is 13.0. The fourth-order valence-electron chi connectivity index (χ4n) is 4.40. The normalized spacial score (nSPS) is 18.9. The lowest BCUT2D eigenvalue weighted by atomic mass is 10.0. The van der Waals surface area contributed by atoms with Crippen molar-refractivity contribution in [3.05, 3.63) is 61.1 Å². The summed E-state index contributed by atoms with van der Waals surface area (Å²) in [6.07, 6.45) is 12.3. The van der Waals surface area contributed by atoms with E-state index in [1.807, 2.05) is 48.1 Å². The van der Waals surface area contributed by atoms with E-state index in [-0.39, 0.29) is 18.0 Å². The summed E-state index contributed by atoms with van der Waals surface area (Å²) in [4.78, 5) is 31.0. The topological polar surface area (TPSA) is 67.2 Å².